The standard InChI is InChI=1S/C16H20NO7P/c18-12-5-1-3-11(9-12)4-2-8-16(20,21)14-7-6-13(19)10-15(14)17-25(22,23)24/h1,3,5-7,9,18-21H,2,4,8,10H2,(H2,22,23,24). The smallest absolute Gasteiger partial charge is 0.448 e. The van der Waals surface area contributed by atoms with Gasteiger partial charge < -0.3 is 30.2 Å². The van der Waals surface area contributed by atoms with Crippen LogP contribution in [0, 0.1) is 0 Å². The van der Waals surface area contributed by atoms with Gasteiger partial charge in [0.25, 0.3) is 0 Å². The van der Waals surface area contributed by atoms with Gasteiger partial charge in [0.15, 0.2) is 5.79 Å². The third-order valence-corrected chi connectivity index (χ3v) is 4.19. The highest BCUT2D eigenvalue weighted by Gasteiger charge is 2.34. The van der Waals surface area contributed by atoms with Crippen molar-refractivity contribution >= 4 is 13.5 Å². The molecule has 0 fully saturated rings. The van der Waals surface area contributed by atoms with E-state index >= 15 is 0 Å². The summed E-state index contributed by atoms with van der Waals surface area (Å²) in [7, 11) is -4.79. The average molecular weight is 369 g/mol. The number of benzene rings is 1. The van der Waals surface area contributed by atoms with E-state index in [0.717, 1.165) is 5.56 Å². The van der Waals surface area contributed by atoms with Crippen molar-refractivity contribution in [3.8, 4) is 5.75 Å². The predicted octanol–water partition coefficient (Wildman–Crippen LogP) is 1.70. The molecule has 1 aliphatic carbocycles. The Morgan fingerprint density at radius 1 is 1.16 bits per heavy atom. The number of phenols is 1. The third-order valence-electron chi connectivity index (χ3n) is 3.69. The van der Waals surface area contributed by atoms with E-state index in [-0.39, 0.29) is 35.6 Å². The van der Waals surface area contributed by atoms with Gasteiger partial charge in [0.1, 0.15) is 5.75 Å². The summed E-state index contributed by atoms with van der Waals surface area (Å²) in [6, 6.07) is 6.56. The van der Waals surface area contributed by atoms with Gasteiger partial charge in [0.2, 0.25) is 0 Å². The highest BCUT2D eigenvalue weighted by atomic mass is 31.2. The number of aryl methyl sites for hydroxylation is 1. The van der Waals surface area contributed by atoms with Gasteiger partial charge in [-0.3, -0.25) is 0 Å². The van der Waals surface area contributed by atoms with Crippen molar-refractivity contribution in [2.75, 3.05) is 0 Å². The zero-order valence-electron chi connectivity index (χ0n) is 13.3. The fraction of sp³-hybridized carbons (Fsp3) is 0.312. The second kappa shape index (κ2) is 7.51. The lowest BCUT2D eigenvalue weighted by atomic mass is 9.90. The molecule has 0 saturated heterocycles. The van der Waals surface area contributed by atoms with Gasteiger partial charge in [0.05, 0.1) is 11.5 Å². The van der Waals surface area contributed by atoms with Crippen molar-refractivity contribution in [2.24, 2.45) is 4.76 Å². The molecule has 0 bridgehead atoms. The second-order valence-corrected chi connectivity index (χ2v) is 7.04. The lowest BCUT2D eigenvalue weighted by molar-refractivity contribution is -0.129. The minimum absolute atomic E-state index is 0.114. The molecule has 0 unspecified atom stereocenters. The van der Waals surface area contributed by atoms with Gasteiger partial charge >= 0.3 is 7.75 Å². The first-order valence-corrected chi connectivity index (χ1v) is 9.11. The highest BCUT2D eigenvalue weighted by Crippen LogP contribution is 2.39. The average Bonchev–Trinajstić information content (AvgIpc) is 2.45. The van der Waals surface area contributed by atoms with Crippen molar-refractivity contribution < 1.29 is 34.8 Å². The quantitative estimate of drug-likeness (QED) is 0.330. The van der Waals surface area contributed by atoms with Gasteiger partial charge in [-0.2, -0.15) is 4.76 Å². The molecular weight excluding hydrogens is 349 g/mol. The molecule has 2 rings (SSSR count). The zero-order valence-corrected chi connectivity index (χ0v) is 14.2. The van der Waals surface area contributed by atoms with Crippen molar-refractivity contribution in [1.82, 2.24) is 0 Å². The molecule has 0 aromatic heterocycles. The SMILES string of the molecule is O=P(O)(O)N=C1CC(O)=CC=C1C(O)(O)CCCc1cccc(O)c1. The number of allylic oxidation sites excluding steroid dienone is 3. The van der Waals surface area contributed by atoms with Crippen LogP contribution in [0.1, 0.15) is 24.8 Å². The molecule has 0 heterocycles. The summed E-state index contributed by atoms with van der Waals surface area (Å²) in [4.78, 5) is 18.0. The van der Waals surface area contributed by atoms with Crippen molar-refractivity contribution in [1.29, 1.82) is 0 Å². The number of hydrogen-bond donors (Lipinski definition) is 6. The van der Waals surface area contributed by atoms with Gasteiger partial charge in [-0.25, -0.2) is 4.57 Å². The minimum Gasteiger partial charge on any atom is -0.512 e. The Hall–Kier alpha value is -1.96. The summed E-state index contributed by atoms with van der Waals surface area (Å²) in [6.45, 7) is 0. The molecule has 0 radical (unpaired) electrons. The van der Waals surface area contributed by atoms with Gasteiger partial charge in [0, 0.05) is 18.4 Å². The molecule has 0 atom stereocenters. The van der Waals surface area contributed by atoms with Crippen LogP contribution in [-0.2, 0) is 11.0 Å². The summed E-state index contributed by atoms with van der Waals surface area (Å²) in [5.41, 5.74) is 0.385. The number of phenolic OH excluding ortho intramolecular Hbond substituents is 1. The van der Waals surface area contributed by atoms with Crippen LogP contribution in [-0.4, -0.2) is 41.7 Å². The van der Waals surface area contributed by atoms with Gasteiger partial charge in [-0.05, 0) is 42.7 Å². The number of nitrogens with zero attached hydrogens (tertiary/aromatic N) is 1. The Balaban J connectivity index is 2.13. The number of hydrogen-bond acceptors (Lipinski definition) is 5. The Kier molecular flexibility index (Phi) is 5.82. The predicted molar refractivity (Wildman–Crippen MR) is 91.1 cm³/mol. The highest BCUT2D eigenvalue weighted by molar-refractivity contribution is 7.50. The molecular formula is C16H20NO7P. The zero-order chi connectivity index (χ0) is 18.7. The minimum atomic E-state index is -4.79. The Morgan fingerprint density at radius 3 is 2.52 bits per heavy atom. The fourth-order valence-electron chi connectivity index (χ4n) is 2.60. The molecule has 136 valence electrons. The first kappa shape index (κ1) is 19.4. The summed E-state index contributed by atoms with van der Waals surface area (Å²) in [5.74, 6) is -2.43. The number of aromatic hydroxyl groups is 1. The molecule has 0 spiro atoms. The molecule has 0 saturated carbocycles. The van der Waals surface area contributed by atoms with E-state index in [9.17, 15) is 25.0 Å². The van der Waals surface area contributed by atoms with Gasteiger partial charge in [-0.1, -0.05) is 12.1 Å². The maximum atomic E-state index is 11.1. The molecule has 25 heavy (non-hydrogen) atoms. The van der Waals surface area contributed by atoms with Crippen LogP contribution in [0.2, 0.25) is 0 Å². The van der Waals surface area contributed by atoms with E-state index in [4.69, 9.17) is 9.79 Å². The molecule has 1 aromatic rings. The van der Waals surface area contributed by atoms with Crippen LogP contribution in [0.15, 0.2) is 52.5 Å². The van der Waals surface area contributed by atoms with Crippen molar-refractivity contribution in [3.05, 3.63) is 53.3 Å². The summed E-state index contributed by atoms with van der Waals surface area (Å²) in [5, 5.41) is 39.6. The summed E-state index contributed by atoms with van der Waals surface area (Å²) < 4.78 is 14.3. The van der Waals surface area contributed by atoms with E-state index < -0.39 is 13.5 Å². The molecule has 0 aliphatic heterocycles. The Morgan fingerprint density at radius 2 is 1.88 bits per heavy atom. The fourth-order valence-corrected chi connectivity index (χ4v) is 3.09. The molecule has 8 nitrogen and oxygen atoms in total. The van der Waals surface area contributed by atoms with E-state index in [2.05, 4.69) is 4.76 Å². The van der Waals surface area contributed by atoms with Gasteiger partial charge in [-0.15, -0.1) is 0 Å². The van der Waals surface area contributed by atoms with Crippen LogP contribution in [0.5, 0.6) is 5.75 Å². The first-order chi connectivity index (χ1) is 11.6. The monoisotopic (exact) mass is 369 g/mol. The van der Waals surface area contributed by atoms with Crippen LogP contribution >= 0.6 is 7.75 Å². The Bertz CT molecular complexity index is 776. The normalized spacial score (nSPS) is 17.4. The van der Waals surface area contributed by atoms with Crippen molar-refractivity contribution in [3.63, 3.8) is 0 Å². The van der Waals surface area contributed by atoms with Crippen molar-refractivity contribution in [2.45, 2.75) is 31.5 Å². The molecule has 1 aliphatic rings. The van der Waals surface area contributed by atoms with E-state index in [1.807, 2.05) is 0 Å². The maximum Gasteiger partial charge on any atom is 0.448 e. The Labute approximate surface area is 144 Å². The maximum absolute atomic E-state index is 11.1. The van der Waals surface area contributed by atoms with E-state index in [1.165, 1.54) is 18.2 Å². The largest absolute Gasteiger partial charge is 0.512 e. The summed E-state index contributed by atoms with van der Waals surface area (Å²) >= 11 is 0. The lowest BCUT2D eigenvalue weighted by Gasteiger charge is -2.27. The number of rotatable bonds is 6. The first-order valence-electron chi connectivity index (χ1n) is 7.55. The topological polar surface area (TPSA) is 151 Å². The molecule has 1 aromatic carbocycles. The molecule has 6 N–H and O–H groups in total. The second-order valence-electron chi connectivity index (χ2n) is 5.82. The van der Waals surface area contributed by atoms with E-state index in [0.29, 0.717) is 12.8 Å². The lowest BCUT2D eigenvalue weighted by Crippen LogP contribution is -2.36. The summed E-state index contributed by atoms with van der Waals surface area (Å²) in [6.07, 6.45) is 2.80. The van der Waals surface area contributed by atoms with Crippen LogP contribution < -0.4 is 0 Å². The van der Waals surface area contributed by atoms with Crippen LogP contribution in [0.3, 0.4) is 0 Å². The van der Waals surface area contributed by atoms with Crippen LogP contribution in [0.25, 0.3) is 0 Å². The number of aliphatic hydroxyl groups excluding tert-OH is 1. The van der Waals surface area contributed by atoms with E-state index in [1.54, 1.807) is 18.2 Å². The molecule has 0 amide bonds. The number of aliphatic hydroxyl groups is 3. The third kappa shape index (κ3) is 5.81. The molecule has 9 heteroatoms. The van der Waals surface area contributed by atoms with Crippen LogP contribution in [0.4, 0.5) is 0 Å².